The zero-order valence-corrected chi connectivity index (χ0v) is 18.6. The van der Waals surface area contributed by atoms with E-state index in [2.05, 4.69) is 10.2 Å². The van der Waals surface area contributed by atoms with E-state index in [1.165, 1.54) is 11.8 Å². The number of para-hydroxylation sites is 1. The van der Waals surface area contributed by atoms with Gasteiger partial charge in [0.25, 0.3) is 5.56 Å². The number of esters is 1. The highest BCUT2D eigenvalue weighted by Gasteiger charge is 2.19. The predicted molar refractivity (Wildman–Crippen MR) is 122 cm³/mol. The number of aromatic nitrogens is 4. The van der Waals surface area contributed by atoms with Crippen LogP contribution in [0.2, 0.25) is 0 Å². The van der Waals surface area contributed by atoms with E-state index in [4.69, 9.17) is 4.74 Å². The smallest absolute Gasteiger partial charge is 0.316 e. The van der Waals surface area contributed by atoms with E-state index in [0.717, 1.165) is 29.7 Å². The summed E-state index contributed by atoms with van der Waals surface area (Å²) < 4.78 is 8.68. The minimum absolute atomic E-state index is 0.126. The van der Waals surface area contributed by atoms with E-state index >= 15 is 0 Å². The molecule has 7 nitrogen and oxygen atoms in total. The third-order valence-electron chi connectivity index (χ3n) is 5.29. The molecular weight excluding hydrogens is 412 g/mol. The van der Waals surface area contributed by atoms with E-state index in [9.17, 15) is 9.59 Å². The van der Waals surface area contributed by atoms with Crippen LogP contribution in [0.15, 0.2) is 52.4 Å². The van der Waals surface area contributed by atoms with Crippen molar-refractivity contribution in [2.45, 2.75) is 38.8 Å². The van der Waals surface area contributed by atoms with Crippen molar-refractivity contribution in [2.24, 2.45) is 0 Å². The van der Waals surface area contributed by atoms with E-state index < -0.39 is 0 Å². The van der Waals surface area contributed by atoms with Gasteiger partial charge in [-0.2, -0.15) is 0 Å². The Bertz CT molecular complexity index is 1330. The Morgan fingerprint density at radius 3 is 2.71 bits per heavy atom. The molecule has 0 unspecified atom stereocenters. The van der Waals surface area contributed by atoms with Crippen molar-refractivity contribution < 1.29 is 9.53 Å². The molecule has 0 aliphatic carbocycles. The number of hydrogen-bond acceptors (Lipinski definition) is 6. The van der Waals surface area contributed by atoms with Crippen molar-refractivity contribution in [2.75, 3.05) is 12.4 Å². The molecule has 0 spiro atoms. The van der Waals surface area contributed by atoms with Crippen LogP contribution in [0.3, 0.4) is 0 Å². The second-order valence-electron chi connectivity index (χ2n) is 7.36. The van der Waals surface area contributed by atoms with Gasteiger partial charge in [0, 0.05) is 0 Å². The third kappa shape index (κ3) is 3.95. The number of benzene rings is 2. The SMILES string of the molecule is CCCCOC(=O)CSc1nnc2n(-c3cccc(C)c3C)c(=O)c3ccccc3n12. The molecule has 0 N–H and O–H groups in total. The lowest BCUT2D eigenvalue weighted by atomic mass is 10.1. The highest BCUT2D eigenvalue weighted by atomic mass is 32.2. The van der Waals surface area contributed by atoms with E-state index in [1.807, 2.05) is 61.6 Å². The van der Waals surface area contributed by atoms with Crippen LogP contribution in [-0.4, -0.2) is 37.5 Å². The summed E-state index contributed by atoms with van der Waals surface area (Å²) in [4.78, 5) is 25.5. The van der Waals surface area contributed by atoms with Gasteiger partial charge in [-0.05, 0) is 49.6 Å². The maximum Gasteiger partial charge on any atom is 0.316 e. The molecule has 0 bridgehead atoms. The minimum Gasteiger partial charge on any atom is -0.465 e. The fraction of sp³-hybridized carbons (Fsp3) is 0.304. The highest BCUT2D eigenvalue weighted by Crippen LogP contribution is 2.25. The monoisotopic (exact) mass is 436 g/mol. The molecule has 0 saturated heterocycles. The molecule has 0 aliphatic heterocycles. The molecule has 0 amide bonds. The largest absolute Gasteiger partial charge is 0.465 e. The Hall–Kier alpha value is -3.13. The van der Waals surface area contributed by atoms with Crippen molar-refractivity contribution in [3.63, 3.8) is 0 Å². The summed E-state index contributed by atoms with van der Waals surface area (Å²) in [6.45, 7) is 6.47. The average molecular weight is 437 g/mol. The molecule has 31 heavy (non-hydrogen) atoms. The molecule has 0 aliphatic rings. The minimum atomic E-state index is -0.289. The number of aryl methyl sites for hydroxylation is 1. The Morgan fingerprint density at radius 2 is 1.90 bits per heavy atom. The fourth-order valence-corrected chi connectivity index (χ4v) is 4.20. The number of nitrogens with zero attached hydrogens (tertiary/aromatic N) is 4. The molecule has 0 fully saturated rings. The number of unbranched alkanes of at least 4 members (excludes halogenated alkanes) is 1. The maximum absolute atomic E-state index is 13.4. The van der Waals surface area contributed by atoms with Crippen molar-refractivity contribution in [3.8, 4) is 5.69 Å². The summed E-state index contributed by atoms with van der Waals surface area (Å²) in [5.41, 5.74) is 3.40. The first kappa shape index (κ1) is 21.1. The lowest BCUT2D eigenvalue weighted by Gasteiger charge is -2.14. The highest BCUT2D eigenvalue weighted by molar-refractivity contribution is 7.99. The van der Waals surface area contributed by atoms with Gasteiger partial charge in [0.05, 0.1) is 29.0 Å². The topological polar surface area (TPSA) is 78.5 Å². The summed E-state index contributed by atoms with van der Waals surface area (Å²) in [5, 5.41) is 9.73. The number of rotatable bonds is 7. The summed E-state index contributed by atoms with van der Waals surface area (Å²) in [6, 6.07) is 13.2. The lowest BCUT2D eigenvalue weighted by Crippen LogP contribution is -2.22. The van der Waals surface area contributed by atoms with Crippen LogP contribution in [0.4, 0.5) is 0 Å². The van der Waals surface area contributed by atoms with Crippen molar-refractivity contribution in [1.29, 1.82) is 0 Å². The lowest BCUT2D eigenvalue weighted by molar-refractivity contribution is -0.140. The molecule has 0 atom stereocenters. The van der Waals surface area contributed by atoms with Gasteiger partial charge in [0.1, 0.15) is 0 Å². The summed E-state index contributed by atoms with van der Waals surface area (Å²) in [7, 11) is 0. The molecular formula is C23H24N4O3S. The standard InChI is InChI=1S/C23H24N4O3S/c1-4-5-13-30-20(28)14-31-23-25-24-22-26(18-12-8-9-15(2)16(18)3)21(29)17-10-6-7-11-19(17)27(22)23/h6-12H,4-5,13-14H2,1-3H3. The number of fused-ring (bicyclic) bond motifs is 3. The Morgan fingerprint density at radius 1 is 1.10 bits per heavy atom. The van der Waals surface area contributed by atoms with Crippen molar-refractivity contribution in [3.05, 3.63) is 63.9 Å². The van der Waals surface area contributed by atoms with Crippen LogP contribution >= 0.6 is 11.8 Å². The Kier molecular flexibility index (Phi) is 6.08. The number of hydrogen-bond donors (Lipinski definition) is 0. The van der Waals surface area contributed by atoms with Crippen LogP contribution in [-0.2, 0) is 9.53 Å². The summed E-state index contributed by atoms with van der Waals surface area (Å²) in [6.07, 6.45) is 1.81. The Labute approximate surface area is 184 Å². The number of carbonyl (C=O) groups is 1. The zero-order chi connectivity index (χ0) is 22.0. The van der Waals surface area contributed by atoms with Gasteiger partial charge in [-0.15, -0.1) is 10.2 Å². The van der Waals surface area contributed by atoms with Crippen LogP contribution < -0.4 is 5.56 Å². The van der Waals surface area contributed by atoms with Gasteiger partial charge in [0.15, 0.2) is 5.16 Å². The molecule has 4 aromatic rings. The van der Waals surface area contributed by atoms with Crippen molar-refractivity contribution in [1.82, 2.24) is 19.2 Å². The van der Waals surface area contributed by atoms with Gasteiger partial charge in [-0.3, -0.25) is 14.0 Å². The fourth-order valence-electron chi connectivity index (χ4n) is 3.46. The zero-order valence-electron chi connectivity index (χ0n) is 17.8. The summed E-state index contributed by atoms with van der Waals surface area (Å²) >= 11 is 1.25. The van der Waals surface area contributed by atoms with E-state index in [-0.39, 0.29) is 17.3 Å². The number of carbonyl (C=O) groups excluding carboxylic acids is 1. The number of thioether (sulfide) groups is 1. The Balaban J connectivity index is 1.85. The summed E-state index contributed by atoms with van der Waals surface area (Å²) in [5.74, 6) is 0.253. The van der Waals surface area contributed by atoms with Gasteiger partial charge in [0.2, 0.25) is 5.78 Å². The first-order valence-corrected chi connectivity index (χ1v) is 11.3. The molecule has 2 aromatic carbocycles. The van der Waals surface area contributed by atoms with Crippen LogP contribution in [0.5, 0.6) is 0 Å². The normalized spacial score (nSPS) is 11.3. The predicted octanol–water partition coefficient (Wildman–Crippen LogP) is 4.09. The molecule has 0 saturated carbocycles. The van der Waals surface area contributed by atoms with Crippen LogP contribution in [0.25, 0.3) is 22.4 Å². The molecule has 160 valence electrons. The average Bonchev–Trinajstić information content (AvgIpc) is 3.19. The maximum atomic E-state index is 13.4. The van der Waals surface area contributed by atoms with Crippen LogP contribution in [0, 0.1) is 13.8 Å². The second-order valence-corrected chi connectivity index (χ2v) is 8.30. The quantitative estimate of drug-likeness (QED) is 0.247. The molecule has 2 aromatic heterocycles. The molecule has 4 rings (SSSR count). The third-order valence-corrected chi connectivity index (χ3v) is 6.19. The first-order chi connectivity index (χ1) is 15.0. The van der Waals surface area contributed by atoms with E-state index in [1.54, 1.807) is 10.6 Å². The number of ether oxygens (including phenoxy) is 1. The van der Waals surface area contributed by atoms with Crippen molar-refractivity contribution >= 4 is 34.4 Å². The van der Waals surface area contributed by atoms with Gasteiger partial charge in [-0.25, -0.2) is 4.57 Å². The van der Waals surface area contributed by atoms with Gasteiger partial charge < -0.3 is 4.74 Å². The molecule has 0 radical (unpaired) electrons. The molecule has 2 heterocycles. The molecule has 8 heteroatoms. The van der Waals surface area contributed by atoms with E-state index in [0.29, 0.717) is 28.4 Å². The second kappa shape index (κ2) is 8.93. The van der Waals surface area contributed by atoms with Crippen LogP contribution in [0.1, 0.15) is 30.9 Å². The first-order valence-electron chi connectivity index (χ1n) is 10.3. The van der Waals surface area contributed by atoms with Gasteiger partial charge in [-0.1, -0.05) is 49.4 Å². The van der Waals surface area contributed by atoms with Gasteiger partial charge >= 0.3 is 5.97 Å².